The second kappa shape index (κ2) is 10.0. The number of rotatable bonds is 9. The SMILES string of the molecule is CCn1ccc(CN2CCOC(c3nc(NCCOC)c4ncn(CC(F)(F)F)c4n3)C2)n1. The Hall–Kier alpha value is -2.77. The summed E-state index contributed by atoms with van der Waals surface area (Å²) in [6.45, 7) is 4.76. The fraction of sp³-hybridized carbons (Fsp3) is 0.600. The van der Waals surface area contributed by atoms with Gasteiger partial charge in [-0.2, -0.15) is 18.3 Å². The number of nitrogens with zero attached hydrogens (tertiary/aromatic N) is 7. The fourth-order valence-corrected chi connectivity index (χ4v) is 3.70. The second-order valence-electron chi connectivity index (χ2n) is 7.77. The number of anilines is 1. The van der Waals surface area contributed by atoms with Crippen LogP contribution in [-0.4, -0.2) is 80.3 Å². The molecule has 4 rings (SSSR count). The lowest BCUT2D eigenvalue weighted by Crippen LogP contribution is -2.38. The Morgan fingerprint density at radius 3 is 2.88 bits per heavy atom. The molecule has 1 N–H and O–H groups in total. The van der Waals surface area contributed by atoms with Gasteiger partial charge >= 0.3 is 6.18 Å². The van der Waals surface area contributed by atoms with Crippen molar-refractivity contribution in [2.45, 2.75) is 38.8 Å². The zero-order valence-electron chi connectivity index (χ0n) is 18.5. The van der Waals surface area contributed by atoms with Gasteiger partial charge in [-0.15, -0.1) is 0 Å². The molecule has 0 aliphatic carbocycles. The van der Waals surface area contributed by atoms with Gasteiger partial charge in [0.25, 0.3) is 0 Å². The van der Waals surface area contributed by atoms with E-state index >= 15 is 0 Å². The highest BCUT2D eigenvalue weighted by molar-refractivity contribution is 5.83. The maximum absolute atomic E-state index is 13.1. The average Bonchev–Trinajstić information content (AvgIpc) is 3.40. The Labute approximate surface area is 188 Å². The van der Waals surface area contributed by atoms with E-state index < -0.39 is 18.8 Å². The monoisotopic (exact) mass is 468 g/mol. The van der Waals surface area contributed by atoms with Crippen LogP contribution in [0.1, 0.15) is 24.5 Å². The van der Waals surface area contributed by atoms with E-state index in [9.17, 15) is 13.2 Å². The van der Waals surface area contributed by atoms with Gasteiger partial charge in [-0.05, 0) is 13.0 Å². The van der Waals surface area contributed by atoms with Gasteiger partial charge in [0.2, 0.25) is 0 Å². The van der Waals surface area contributed by atoms with Gasteiger partial charge in [0.1, 0.15) is 18.2 Å². The Balaban J connectivity index is 1.59. The molecule has 13 heteroatoms. The molecule has 0 bridgehead atoms. The number of hydrogen-bond donors (Lipinski definition) is 1. The number of hydrogen-bond acceptors (Lipinski definition) is 8. The zero-order chi connectivity index (χ0) is 23.4. The maximum Gasteiger partial charge on any atom is 0.406 e. The van der Waals surface area contributed by atoms with E-state index in [1.54, 1.807) is 7.11 Å². The van der Waals surface area contributed by atoms with Gasteiger partial charge in [0.15, 0.2) is 17.3 Å². The number of aryl methyl sites for hydroxylation is 1. The van der Waals surface area contributed by atoms with E-state index in [1.165, 1.54) is 0 Å². The number of ether oxygens (including phenoxy) is 2. The van der Waals surface area contributed by atoms with Crippen LogP contribution in [-0.2, 0) is 29.1 Å². The molecule has 0 aromatic carbocycles. The summed E-state index contributed by atoms with van der Waals surface area (Å²) in [5.74, 6) is 0.672. The van der Waals surface area contributed by atoms with E-state index in [1.807, 2.05) is 23.9 Å². The quantitative estimate of drug-likeness (QED) is 0.478. The molecule has 0 spiro atoms. The van der Waals surface area contributed by atoms with Crippen LogP contribution in [0.5, 0.6) is 0 Å². The van der Waals surface area contributed by atoms with Gasteiger partial charge in [-0.1, -0.05) is 0 Å². The first-order valence-electron chi connectivity index (χ1n) is 10.7. The van der Waals surface area contributed by atoms with Crippen LogP contribution in [0.2, 0.25) is 0 Å². The number of fused-ring (bicyclic) bond motifs is 1. The second-order valence-corrected chi connectivity index (χ2v) is 7.77. The number of nitrogens with one attached hydrogen (secondary N) is 1. The molecule has 0 amide bonds. The summed E-state index contributed by atoms with van der Waals surface area (Å²) >= 11 is 0. The van der Waals surface area contributed by atoms with Crippen molar-refractivity contribution < 1.29 is 22.6 Å². The van der Waals surface area contributed by atoms with Crippen LogP contribution in [0.15, 0.2) is 18.6 Å². The number of alkyl halides is 3. The molecule has 1 atom stereocenters. The molecule has 3 aromatic rings. The molecule has 0 radical (unpaired) electrons. The predicted molar refractivity (Wildman–Crippen MR) is 114 cm³/mol. The van der Waals surface area contributed by atoms with Gasteiger partial charge < -0.3 is 19.4 Å². The van der Waals surface area contributed by atoms with E-state index in [4.69, 9.17) is 9.47 Å². The highest BCUT2D eigenvalue weighted by atomic mass is 19.4. The molecule has 4 heterocycles. The van der Waals surface area contributed by atoms with Crippen LogP contribution < -0.4 is 5.32 Å². The largest absolute Gasteiger partial charge is 0.406 e. The summed E-state index contributed by atoms with van der Waals surface area (Å²) in [5, 5.41) is 7.61. The van der Waals surface area contributed by atoms with Crippen LogP contribution in [0.3, 0.4) is 0 Å². The van der Waals surface area contributed by atoms with Crippen LogP contribution in [0, 0.1) is 0 Å². The molecule has 33 heavy (non-hydrogen) atoms. The lowest BCUT2D eigenvalue weighted by molar-refractivity contribution is -0.140. The minimum absolute atomic E-state index is 0.111. The summed E-state index contributed by atoms with van der Waals surface area (Å²) in [6.07, 6.45) is -1.82. The standard InChI is InChI=1S/C20H27F3N8O2/c1-3-31-6-4-14(28-31)10-29-7-9-33-15(11-29)17-26-18(24-5-8-32-2)16-19(27-17)30(13-25-16)12-20(21,22)23/h4,6,13,15H,3,5,7-12H2,1-2H3,(H,24,26,27). The lowest BCUT2D eigenvalue weighted by atomic mass is 10.2. The first-order valence-corrected chi connectivity index (χ1v) is 10.7. The molecule has 1 saturated heterocycles. The van der Waals surface area contributed by atoms with Gasteiger partial charge in [-0.3, -0.25) is 9.58 Å². The van der Waals surface area contributed by atoms with Crippen molar-refractivity contribution in [1.29, 1.82) is 0 Å². The highest BCUT2D eigenvalue weighted by Gasteiger charge is 2.31. The van der Waals surface area contributed by atoms with Crippen molar-refractivity contribution in [1.82, 2.24) is 34.2 Å². The van der Waals surface area contributed by atoms with E-state index in [-0.39, 0.29) is 11.2 Å². The molecule has 1 fully saturated rings. The molecular weight excluding hydrogens is 441 g/mol. The first-order chi connectivity index (χ1) is 15.9. The summed E-state index contributed by atoms with van der Waals surface area (Å²) in [6, 6.07) is 1.98. The molecule has 1 unspecified atom stereocenters. The Bertz CT molecular complexity index is 1070. The lowest BCUT2D eigenvalue weighted by Gasteiger charge is -2.31. The van der Waals surface area contributed by atoms with Crippen molar-refractivity contribution in [2.24, 2.45) is 0 Å². The summed E-state index contributed by atoms with van der Waals surface area (Å²) in [5.41, 5.74) is 1.33. The molecule has 3 aromatic heterocycles. The Morgan fingerprint density at radius 1 is 1.30 bits per heavy atom. The van der Waals surface area contributed by atoms with Crippen molar-refractivity contribution in [3.8, 4) is 0 Å². The van der Waals surface area contributed by atoms with Gasteiger partial charge in [0, 0.05) is 46.0 Å². The van der Waals surface area contributed by atoms with E-state index in [0.29, 0.717) is 51.0 Å². The van der Waals surface area contributed by atoms with Crippen LogP contribution in [0.25, 0.3) is 11.2 Å². The topological polar surface area (TPSA) is 95.2 Å². The third kappa shape index (κ3) is 5.78. The van der Waals surface area contributed by atoms with Crippen LogP contribution in [0.4, 0.5) is 19.0 Å². The molecule has 0 saturated carbocycles. The van der Waals surface area contributed by atoms with Crippen molar-refractivity contribution in [2.75, 3.05) is 45.3 Å². The van der Waals surface area contributed by atoms with Crippen molar-refractivity contribution in [3.63, 3.8) is 0 Å². The third-order valence-electron chi connectivity index (χ3n) is 5.27. The normalized spacial score (nSPS) is 17.7. The number of methoxy groups -OCH3 is 1. The fourth-order valence-electron chi connectivity index (χ4n) is 3.70. The molecule has 1 aliphatic rings. The highest BCUT2D eigenvalue weighted by Crippen LogP contribution is 2.27. The number of imidazole rings is 1. The molecular formula is C20H27F3N8O2. The molecule has 180 valence electrons. The number of morpholine rings is 1. The third-order valence-corrected chi connectivity index (χ3v) is 5.27. The van der Waals surface area contributed by atoms with Crippen molar-refractivity contribution in [3.05, 3.63) is 30.1 Å². The average molecular weight is 468 g/mol. The maximum atomic E-state index is 13.1. The van der Waals surface area contributed by atoms with E-state index in [2.05, 4.69) is 30.3 Å². The minimum atomic E-state index is -4.40. The Kier molecular flexibility index (Phi) is 7.10. The zero-order valence-corrected chi connectivity index (χ0v) is 18.5. The van der Waals surface area contributed by atoms with Gasteiger partial charge in [-0.25, -0.2) is 15.0 Å². The van der Waals surface area contributed by atoms with Gasteiger partial charge in [0.05, 0.1) is 25.2 Å². The summed E-state index contributed by atoms with van der Waals surface area (Å²) in [7, 11) is 1.56. The predicted octanol–water partition coefficient (Wildman–Crippen LogP) is 2.24. The van der Waals surface area contributed by atoms with Crippen molar-refractivity contribution >= 4 is 17.0 Å². The summed E-state index contributed by atoms with van der Waals surface area (Å²) < 4.78 is 53.0. The Morgan fingerprint density at radius 2 is 2.15 bits per heavy atom. The smallest absolute Gasteiger partial charge is 0.383 e. The summed E-state index contributed by atoms with van der Waals surface area (Å²) in [4.78, 5) is 15.3. The van der Waals surface area contributed by atoms with Crippen LogP contribution >= 0.6 is 0 Å². The minimum Gasteiger partial charge on any atom is -0.383 e. The molecule has 10 nitrogen and oxygen atoms in total. The number of aromatic nitrogens is 6. The number of halogens is 3. The molecule has 1 aliphatic heterocycles. The van der Waals surface area contributed by atoms with E-state index in [0.717, 1.165) is 23.1 Å². The first kappa shape index (κ1) is 23.4.